The van der Waals surface area contributed by atoms with Gasteiger partial charge in [0.15, 0.2) is 0 Å². The predicted octanol–water partition coefficient (Wildman–Crippen LogP) is 1.98. The highest BCUT2D eigenvalue weighted by Crippen LogP contribution is 2.10. The standard InChI is InChI=1S/C12H19N3/c1-9(15(2)3)8-12(14)10-4-6-11(13)7-5-10/h4-7,9,14H,8,13H2,1-3H3/t9-/m1/s1. The average molecular weight is 205 g/mol. The highest BCUT2D eigenvalue weighted by atomic mass is 15.1. The van der Waals surface area contributed by atoms with Gasteiger partial charge in [-0.1, -0.05) is 12.1 Å². The molecule has 0 radical (unpaired) electrons. The van der Waals surface area contributed by atoms with Gasteiger partial charge in [-0.2, -0.15) is 0 Å². The Morgan fingerprint density at radius 2 is 1.87 bits per heavy atom. The first-order valence-corrected chi connectivity index (χ1v) is 5.10. The van der Waals surface area contributed by atoms with Crippen LogP contribution in [-0.4, -0.2) is 30.7 Å². The third-order valence-corrected chi connectivity index (χ3v) is 2.64. The summed E-state index contributed by atoms with van der Waals surface area (Å²) in [6.07, 6.45) is 0.761. The Morgan fingerprint density at radius 3 is 2.33 bits per heavy atom. The number of hydrogen-bond donors (Lipinski definition) is 2. The molecule has 0 saturated heterocycles. The monoisotopic (exact) mass is 205 g/mol. The smallest absolute Gasteiger partial charge is 0.0401 e. The molecule has 1 aromatic carbocycles. The molecule has 0 spiro atoms. The first kappa shape index (κ1) is 11.7. The number of hydrogen-bond acceptors (Lipinski definition) is 3. The summed E-state index contributed by atoms with van der Waals surface area (Å²) in [4.78, 5) is 2.12. The molecule has 0 aliphatic carbocycles. The molecule has 0 unspecified atom stereocenters. The maximum Gasteiger partial charge on any atom is 0.0401 e. The van der Waals surface area contributed by atoms with E-state index in [0.29, 0.717) is 11.8 Å². The summed E-state index contributed by atoms with van der Waals surface area (Å²) >= 11 is 0. The minimum absolute atomic E-state index is 0.384. The van der Waals surface area contributed by atoms with Crippen molar-refractivity contribution in [2.24, 2.45) is 0 Å². The van der Waals surface area contributed by atoms with E-state index in [1.54, 1.807) is 0 Å². The van der Waals surface area contributed by atoms with Gasteiger partial charge in [0.05, 0.1) is 0 Å². The fraction of sp³-hybridized carbons (Fsp3) is 0.417. The van der Waals surface area contributed by atoms with Crippen LogP contribution in [0.5, 0.6) is 0 Å². The van der Waals surface area contributed by atoms with Crippen LogP contribution in [0.2, 0.25) is 0 Å². The van der Waals surface area contributed by atoms with E-state index in [9.17, 15) is 0 Å². The van der Waals surface area contributed by atoms with Gasteiger partial charge in [0, 0.05) is 23.9 Å². The maximum absolute atomic E-state index is 7.96. The summed E-state index contributed by atoms with van der Waals surface area (Å²) < 4.78 is 0. The van der Waals surface area contributed by atoms with E-state index in [1.165, 1.54) is 0 Å². The number of rotatable bonds is 4. The lowest BCUT2D eigenvalue weighted by Gasteiger charge is -2.19. The number of anilines is 1. The largest absolute Gasteiger partial charge is 0.399 e. The summed E-state index contributed by atoms with van der Waals surface area (Å²) in [5, 5.41) is 7.96. The van der Waals surface area contributed by atoms with E-state index in [1.807, 2.05) is 38.4 Å². The highest BCUT2D eigenvalue weighted by molar-refractivity contribution is 5.98. The van der Waals surface area contributed by atoms with Gasteiger partial charge >= 0.3 is 0 Å². The zero-order valence-electron chi connectivity index (χ0n) is 9.62. The van der Waals surface area contributed by atoms with Crippen LogP contribution in [0.25, 0.3) is 0 Å². The van der Waals surface area contributed by atoms with Crippen molar-refractivity contribution in [2.75, 3.05) is 19.8 Å². The molecule has 0 aliphatic heterocycles. The lowest BCUT2D eigenvalue weighted by atomic mass is 10.0. The summed E-state index contributed by atoms with van der Waals surface area (Å²) in [7, 11) is 4.06. The van der Waals surface area contributed by atoms with E-state index < -0.39 is 0 Å². The van der Waals surface area contributed by atoms with Gasteiger partial charge in [0.25, 0.3) is 0 Å². The number of nitrogens with two attached hydrogens (primary N) is 1. The van der Waals surface area contributed by atoms with Gasteiger partial charge in [0.1, 0.15) is 0 Å². The number of nitrogens with one attached hydrogen (secondary N) is 1. The molecule has 1 aromatic rings. The van der Waals surface area contributed by atoms with E-state index in [4.69, 9.17) is 11.1 Å². The average Bonchev–Trinajstić information content (AvgIpc) is 2.18. The van der Waals surface area contributed by atoms with Gasteiger partial charge in [-0.3, -0.25) is 0 Å². The fourth-order valence-electron chi connectivity index (χ4n) is 1.28. The molecule has 15 heavy (non-hydrogen) atoms. The quantitative estimate of drug-likeness (QED) is 0.583. The van der Waals surface area contributed by atoms with Crippen LogP contribution in [0.15, 0.2) is 24.3 Å². The molecule has 3 heteroatoms. The van der Waals surface area contributed by atoms with Gasteiger partial charge in [0.2, 0.25) is 0 Å². The summed E-state index contributed by atoms with van der Waals surface area (Å²) in [6, 6.07) is 7.86. The molecule has 0 aliphatic rings. The predicted molar refractivity (Wildman–Crippen MR) is 65.4 cm³/mol. The maximum atomic E-state index is 7.96. The van der Waals surface area contributed by atoms with Gasteiger partial charge in [-0.05, 0) is 38.7 Å². The van der Waals surface area contributed by atoms with Gasteiger partial charge in [-0.25, -0.2) is 0 Å². The zero-order chi connectivity index (χ0) is 11.4. The zero-order valence-corrected chi connectivity index (χ0v) is 9.62. The van der Waals surface area contributed by atoms with Crippen molar-refractivity contribution < 1.29 is 0 Å². The molecule has 82 valence electrons. The minimum Gasteiger partial charge on any atom is -0.399 e. The van der Waals surface area contributed by atoms with Crippen molar-refractivity contribution in [3.8, 4) is 0 Å². The van der Waals surface area contributed by atoms with Crippen LogP contribution in [0, 0.1) is 5.41 Å². The first-order valence-electron chi connectivity index (χ1n) is 5.10. The Bertz CT molecular complexity index is 327. The number of benzene rings is 1. The Kier molecular flexibility index (Phi) is 3.86. The molecular weight excluding hydrogens is 186 g/mol. The molecule has 3 N–H and O–H groups in total. The van der Waals surface area contributed by atoms with E-state index >= 15 is 0 Å². The van der Waals surface area contributed by atoms with Gasteiger partial charge < -0.3 is 16.0 Å². The number of nitrogens with zero attached hydrogens (tertiary/aromatic N) is 1. The summed E-state index contributed by atoms with van der Waals surface area (Å²) in [5.41, 5.74) is 7.96. The molecular formula is C12H19N3. The second kappa shape index (κ2) is 4.94. The minimum atomic E-state index is 0.384. The Labute approximate surface area is 91.4 Å². The van der Waals surface area contributed by atoms with E-state index in [-0.39, 0.29) is 0 Å². The molecule has 3 nitrogen and oxygen atoms in total. The van der Waals surface area contributed by atoms with Crippen molar-refractivity contribution in [3.05, 3.63) is 29.8 Å². The van der Waals surface area contributed by atoms with E-state index in [2.05, 4.69) is 11.8 Å². The molecule has 0 heterocycles. The lowest BCUT2D eigenvalue weighted by Crippen LogP contribution is -2.27. The number of nitrogen functional groups attached to an aromatic ring is 1. The lowest BCUT2D eigenvalue weighted by molar-refractivity contribution is 0.321. The molecule has 1 rings (SSSR count). The third-order valence-electron chi connectivity index (χ3n) is 2.64. The fourth-order valence-corrected chi connectivity index (χ4v) is 1.28. The van der Waals surface area contributed by atoms with Crippen LogP contribution in [-0.2, 0) is 0 Å². The van der Waals surface area contributed by atoms with Crippen LogP contribution >= 0.6 is 0 Å². The molecule has 0 fully saturated rings. The van der Waals surface area contributed by atoms with Crippen molar-refractivity contribution in [1.29, 1.82) is 5.41 Å². The Balaban J connectivity index is 2.65. The second-order valence-corrected chi connectivity index (χ2v) is 4.12. The topological polar surface area (TPSA) is 53.1 Å². The van der Waals surface area contributed by atoms with Crippen LogP contribution in [0.1, 0.15) is 18.9 Å². The summed E-state index contributed by atoms with van der Waals surface area (Å²) in [5.74, 6) is 0. The van der Waals surface area contributed by atoms with Crippen LogP contribution in [0.3, 0.4) is 0 Å². The molecule has 1 atom stereocenters. The summed E-state index contributed by atoms with van der Waals surface area (Å²) in [6.45, 7) is 2.12. The van der Waals surface area contributed by atoms with E-state index in [0.717, 1.165) is 17.7 Å². The molecule has 0 aromatic heterocycles. The molecule has 0 bridgehead atoms. The van der Waals surface area contributed by atoms with Crippen LogP contribution < -0.4 is 5.73 Å². The molecule has 0 saturated carbocycles. The molecule has 0 amide bonds. The Morgan fingerprint density at radius 1 is 1.33 bits per heavy atom. The van der Waals surface area contributed by atoms with Crippen molar-refractivity contribution >= 4 is 11.4 Å². The Hall–Kier alpha value is -1.35. The van der Waals surface area contributed by atoms with Crippen molar-refractivity contribution in [2.45, 2.75) is 19.4 Å². The highest BCUT2D eigenvalue weighted by Gasteiger charge is 2.09. The first-order chi connectivity index (χ1) is 7.00. The second-order valence-electron chi connectivity index (χ2n) is 4.12. The van der Waals surface area contributed by atoms with Crippen LogP contribution in [0.4, 0.5) is 5.69 Å². The van der Waals surface area contributed by atoms with Crippen molar-refractivity contribution in [3.63, 3.8) is 0 Å². The SMILES string of the molecule is C[C@H](CC(=N)c1ccc(N)cc1)N(C)C. The van der Waals surface area contributed by atoms with Gasteiger partial charge in [-0.15, -0.1) is 0 Å². The van der Waals surface area contributed by atoms with Crippen molar-refractivity contribution in [1.82, 2.24) is 4.90 Å². The third kappa shape index (κ3) is 3.36. The normalized spacial score (nSPS) is 12.8.